The maximum Gasteiger partial charge on any atom is 0.472 e. The number of esters is 2. The number of carbonyl (C=O) groups is 2. The van der Waals surface area contributed by atoms with E-state index in [1.54, 1.807) is 0 Å². The Labute approximate surface area is 387 Å². The molecule has 0 amide bonds. The molecule has 0 heterocycles. The summed E-state index contributed by atoms with van der Waals surface area (Å²) in [6, 6.07) is 0. The zero-order valence-electron chi connectivity index (χ0n) is 41.0. The van der Waals surface area contributed by atoms with Crippen LogP contribution in [-0.4, -0.2) is 74.9 Å². The summed E-state index contributed by atoms with van der Waals surface area (Å²) in [4.78, 5) is 35.5. The summed E-state index contributed by atoms with van der Waals surface area (Å²) in [5, 5.41) is 0. The second-order valence-corrected chi connectivity index (χ2v) is 19.3. The first-order valence-electron chi connectivity index (χ1n) is 25.2. The maximum absolute atomic E-state index is 12.7. The maximum atomic E-state index is 12.7. The first-order valence-corrected chi connectivity index (χ1v) is 26.7. The van der Waals surface area contributed by atoms with Crippen molar-refractivity contribution in [3.63, 3.8) is 0 Å². The van der Waals surface area contributed by atoms with Crippen LogP contribution in [0.5, 0.6) is 0 Å². The average molecular weight is 905 g/mol. The third kappa shape index (κ3) is 48.7. The number of hydrogen-bond donors (Lipinski definition) is 1. The van der Waals surface area contributed by atoms with Crippen LogP contribution in [0.1, 0.15) is 200 Å². The fourth-order valence-corrected chi connectivity index (χ4v) is 7.31. The lowest BCUT2D eigenvalue weighted by molar-refractivity contribution is -0.870. The quantitative estimate of drug-likeness (QED) is 0.0212. The molecule has 0 aromatic rings. The van der Waals surface area contributed by atoms with Crippen LogP contribution < -0.4 is 0 Å². The summed E-state index contributed by atoms with van der Waals surface area (Å²) in [5.41, 5.74) is 0. The summed E-state index contributed by atoms with van der Waals surface area (Å²) in [7, 11) is 1.45. The fourth-order valence-electron chi connectivity index (χ4n) is 6.56. The molecule has 0 fully saturated rings. The SMILES string of the molecule is CC/C=C\C/C=C\C/C=C\C/C=C\C/C=C\CCCCCCCC(=O)OC(COC(=O)CCCCCCCCC/C=C\CCCCCCCCC)COP(=O)(O)OCC[N+](C)(C)C. The predicted molar refractivity (Wildman–Crippen MR) is 266 cm³/mol. The van der Waals surface area contributed by atoms with E-state index in [1.807, 2.05) is 21.1 Å². The van der Waals surface area contributed by atoms with Gasteiger partial charge in [0.05, 0.1) is 27.7 Å². The van der Waals surface area contributed by atoms with Gasteiger partial charge >= 0.3 is 19.8 Å². The molecule has 9 nitrogen and oxygen atoms in total. The number of ether oxygens (including phenoxy) is 2. The Bertz CT molecular complexity index is 1300. The lowest BCUT2D eigenvalue weighted by Crippen LogP contribution is -2.37. The smallest absolute Gasteiger partial charge is 0.462 e. The van der Waals surface area contributed by atoms with Gasteiger partial charge in [0.15, 0.2) is 6.10 Å². The Morgan fingerprint density at radius 1 is 0.508 bits per heavy atom. The predicted octanol–water partition coefficient (Wildman–Crippen LogP) is 15.0. The van der Waals surface area contributed by atoms with E-state index < -0.39 is 26.5 Å². The minimum atomic E-state index is -4.39. The van der Waals surface area contributed by atoms with E-state index in [0.29, 0.717) is 17.4 Å². The van der Waals surface area contributed by atoms with Gasteiger partial charge in [-0.2, -0.15) is 0 Å². The number of hydrogen-bond acceptors (Lipinski definition) is 7. The number of nitrogens with zero attached hydrogens (tertiary/aromatic N) is 1. The standard InChI is InChI=1S/C53H94NO8P/c1-6-8-10-12-14-16-18-20-22-24-26-27-28-30-32-34-36-38-40-42-44-46-53(56)62-51(50-61-63(57,58)60-48-47-54(3,4)5)49-59-52(55)45-43-41-39-37-35-33-31-29-25-23-21-19-17-15-13-11-9-7-2/h8,10,14,16,20,22-23,25-27,30,32,51H,6-7,9,11-13,15,17-19,21,24,28-29,31,33-50H2,1-5H3/p+1/b10-8-,16-14-,22-20-,25-23-,27-26-,32-30-. The van der Waals surface area contributed by atoms with Crippen molar-refractivity contribution in [2.75, 3.05) is 47.5 Å². The van der Waals surface area contributed by atoms with Gasteiger partial charge in [0.2, 0.25) is 0 Å². The first kappa shape index (κ1) is 60.5. The van der Waals surface area contributed by atoms with Crippen LogP contribution in [0.3, 0.4) is 0 Å². The number of carbonyl (C=O) groups excluding carboxylic acids is 2. The molecular weight excluding hydrogens is 810 g/mol. The minimum absolute atomic E-state index is 0.0236. The highest BCUT2D eigenvalue weighted by molar-refractivity contribution is 7.47. The molecule has 10 heteroatoms. The van der Waals surface area contributed by atoms with Crippen LogP contribution in [0.2, 0.25) is 0 Å². The van der Waals surface area contributed by atoms with E-state index in [1.165, 1.54) is 70.6 Å². The van der Waals surface area contributed by atoms with Gasteiger partial charge in [0, 0.05) is 12.8 Å². The third-order valence-electron chi connectivity index (χ3n) is 10.5. The molecule has 0 aliphatic rings. The molecule has 0 rings (SSSR count). The number of allylic oxidation sites excluding steroid dienone is 12. The van der Waals surface area contributed by atoms with Gasteiger partial charge in [0.1, 0.15) is 19.8 Å². The molecular formula is C53H95NO8P+. The van der Waals surface area contributed by atoms with Crippen molar-refractivity contribution in [1.82, 2.24) is 0 Å². The number of unbranched alkanes of at least 4 members (excludes halogenated alkanes) is 19. The van der Waals surface area contributed by atoms with Crippen LogP contribution in [0.25, 0.3) is 0 Å². The summed E-state index contributed by atoms with van der Waals surface area (Å²) in [6.07, 6.45) is 56.6. The third-order valence-corrected chi connectivity index (χ3v) is 11.5. The number of phosphoric acid groups is 1. The van der Waals surface area contributed by atoms with Gasteiger partial charge in [-0.3, -0.25) is 18.6 Å². The summed E-state index contributed by atoms with van der Waals surface area (Å²) in [5.74, 6) is -0.827. The minimum Gasteiger partial charge on any atom is -0.462 e. The van der Waals surface area contributed by atoms with Crippen LogP contribution in [0, 0.1) is 0 Å². The molecule has 0 spiro atoms. The lowest BCUT2D eigenvalue weighted by Gasteiger charge is -2.24. The highest BCUT2D eigenvalue weighted by Crippen LogP contribution is 2.43. The Balaban J connectivity index is 4.34. The summed E-state index contributed by atoms with van der Waals surface area (Å²) < 4.78 is 34.4. The summed E-state index contributed by atoms with van der Waals surface area (Å²) in [6.45, 7) is 4.28. The monoisotopic (exact) mass is 905 g/mol. The van der Waals surface area contributed by atoms with E-state index in [2.05, 4.69) is 86.8 Å². The Hall–Kier alpha value is -2.55. The normalized spacial score (nSPS) is 14.1. The van der Waals surface area contributed by atoms with Crippen molar-refractivity contribution in [2.45, 2.75) is 206 Å². The highest BCUT2D eigenvalue weighted by atomic mass is 31.2. The molecule has 63 heavy (non-hydrogen) atoms. The number of phosphoric ester groups is 1. The van der Waals surface area contributed by atoms with E-state index in [4.69, 9.17) is 18.5 Å². The van der Waals surface area contributed by atoms with Crippen LogP contribution >= 0.6 is 7.82 Å². The number of likely N-dealkylation sites (N-methyl/N-ethyl adjacent to an activating group) is 1. The Kier molecular flexibility index (Phi) is 42.8. The molecule has 0 bridgehead atoms. The number of quaternary nitrogens is 1. The molecule has 0 aromatic carbocycles. The largest absolute Gasteiger partial charge is 0.472 e. The van der Waals surface area contributed by atoms with Gasteiger partial charge < -0.3 is 18.9 Å². The van der Waals surface area contributed by atoms with E-state index in [9.17, 15) is 19.0 Å². The van der Waals surface area contributed by atoms with Gasteiger partial charge in [-0.05, 0) is 83.5 Å². The van der Waals surface area contributed by atoms with E-state index in [0.717, 1.165) is 96.3 Å². The van der Waals surface area contributed by atoms with Gasteiger partial charge in [0.25, 0.3) is 0 Å². The highest BCUT2D eigenvalue weighted by Gasteiger charge is 2.27. The Morgan fingerprint density at radius 3 is 1.37 bits per heavy atom. The molecule has 0 aliphatic heterocycles. The first-order chi connectivity index (χ1) is 30.5. The molecule has 1 N–H and O–H groups in total. The molecule has 2 atom stereocenters. The second-order valence-electron chi connectivity index (χ2n) is 17.8. The van der Waals surface area contributed by atoms with Gasteiger partial charge in [-0.15, -0.1) is 0 Å². The molecule has 364 valence electrons. The zero-order chi connectivity index (χ0) is 46.4. The summed E-state index contributed by atoms with van der Waals surface area (Å²) >= 11 is 0. The van der Waals surface area contributed by atoms with Crippen molar-refractivity contribution < 1.29 is 42.1 Å². The number of rotatable bonds is 45. The van der Waals surface area contributed by atoms with Crippen LogP contribution in [0.15, 0.2) is 72.9 Å². The molecule has 0 saturated carbocycles. The van der Waals surface area contributed by atoms with Crippen molar-refractivity contribution in [3.8, 4) is 0 Å². The second kappa shape index (κ2) is 44.6. The van der Waals surface area contributed by atoms with Crippen LogP contribution in [-0.2, 0) is 32.7 Å². The zero-order valence-corrected chi connectivity index (χ0v) is 41.9. The molecule has 2 unspecified atom stereocenters. The Morgan fingerprint density at radius 2 is 0.905 bits per heavy atom. The topological polar surface area (TPSA) is 108 Å². The van der Waals surface area contributed by atoms with Gasteiger partial charge in [-0.1, -0.05) is 177 Å². The molecule has 0 aromatic heterocycles. The molecule has 0 radical (unpaired) electrons. The van der Waals surface area contributed by atoms with E-state index in [-0.39, 0.29) is 32.0 Å². The van der Waals surface area contributed by atoms with E-state index >= 15 is 0 Å². The van der Waals surface area contributed by atoms with Crippen molar-refractivity contribution in [2.24, 2.45) is 0 Å². The van der Waals surface area contributed by atoms with Crippen molar-refractivity contribution in [3.05, 3.63) is 72.9 Å². The average Bonchev–Trinajstić information content (AvgIpc) is 3.24. The van der Waals surface area contributed by atoms with Gasteiger partial charge in [-0.25, -0.2) is 4.57 Å². The van der Waals surface area contributed by atoms with Crippen LogP contribution in [0.4, 0.5) is 0 Å². The fraction of sp³-hybridized carbons (Fsp3) is 0.736. The molecule has 0 aliphatic carbocycles. The van der Waals surface area contributed by atoms with Crippen molar-refractivity contribution in [1.29, 1.82) is 0 Å². The molecule has 0 saturated heterocycles. The van der Waals surface area contributed by atoms with Crippen molar-refractivity contribution >= 4 is 19.8 Å². The lowest BCUT2D eigenvalue weighted by atomic mass is 10.1.